The molecule has 0 N–H and O–H groups in total. The molecule has 8 heteroatoms. The van der Waals surface area contributed by atoms with Crippen molar-refractivity contribution in [1.29, 1.82) is 0 Å². The molecule has 0 fully saturated rings. The maximum Gasteiger partial charge on any atom is 0.306 e. The van der Waals surface area contributed by atoms with Gasteiger partial charge in [-0.25, -0.2) is 0 Å². The van der Waals surface area contributed by atoms with Crippen molar-refractivity contribution in [2.45, 2.75) is 25.9 Å². The minimum absolute atomic E-state index is 0.0530. The highest BCUT2D eigenvalue weighted by atomic mass is 16.6. The first-order valence-corrected chi connectivity index (χ1v) is 9.58. The van der Waals surface area contributed by atoms with E-state index in [2.05, 4.69) is 10.2 Å². The third-order valence-electron chi connectivity index (χ3n) is 4.76. The summed E-state index contributed by atoms with van der Waals surface area (Å²) in [6, 6.07) is 16.0. The Kier molecular flexibility index (Phi) is 5.38. The first-order chi connectivity index (χ1) is 14.5. The molecule has 0 saturated carbocycles. The molecule has 8 nitrogen and oxygen atoms in total. The lowest BCUT2D eigenvalue weighted by Crippen LogP contribution is -2.31. The minimum atomic E-state index is -0.707. The van der Waals surface area contributed by atoms with E-state index in [1.807, 2.05) is 30.3 Å². The molecule has 1 aliphatic rings. The van der Waals surface area contributed by atoms with E-state index >= 15 is 0 Å². The molecule has 0 aliphatic carbocycles. The number of hydrogen-bond donors (Lipinski definition) is 0. The largest absolute Gasteiger partial charge is 0.453 e. The smallest absolute Gasteiger partial charge is 0.306 e. The third kappa shape index (κ3) is 3.84. The van der Waals surface area contributed by atoms with Crippen LogP contribution in [0.2, 0.25) is 0 Å². The Morgan fingerprint density at radius 2 is 1.63 bits per heavy atom. The number of nitrogens with zero attached hydrogens (tertiary/aromatic N) is 3. The average Bonchev–Trinajstić information content (AvgIpc) is 3.35. The summed E-state index contributed by atoms with van der Waals surface area (Å²) in [7, 11) is 0. The fourth-order valence-corrected chi connectivity index (χ4v) is 3.23. The molecule has 0 unspecified atom stereocenters. The highest BCUT2D eigenvalue weighted by Gasteiger charge is 2.34. The van der Waals surface area contributed by atoms with Gasteiger partial charge in [0.15, 0.2) is 6.10 Å². The van der Waals surface area contributed by atoms with E-state index in [1.165, 1.54) is 0 Å². The molecule has 0 radical (unpaired) electrons. The van der Waals surface area contributed by atoms with Crippen LogP contribution in [0.15, 0.2) is 59.0 Å². The van der Waals surface area contributed by atoms with Crippen molar-refractivity contribution in [3.63, 3.8) is 0 Å². The monoisotopic (exact) mass is 405 g/mol. The summed E-state index contributed by atoms with van der Waals surface area (Å²) in [5.41, 5.74) is 1.56. The number of imide groups is 1. The average molecular weight is 405 g/mol. The normalized spacial score (nSPS) is 14.0. The maximum absolute atomic E-state index is 12.3. The molecule has 2 aromatic carbocycles. The molecule has 152 valence electrons. The Bertz CT molecular complexity index is 1060. The number of fused-ring (bicyclic) bond motifs is 1. The molecule has 1 atom stereocenters. The second-order valence-corrected chi connectivity index (χ2v) is 6.85. The van der Waals surface area contributed by atoms with Gasteiger partial charge in [-0.1, -0.05) is 30.3 Å². The van der Waals surface area contributed by atoms with Crippen molar-refractivity contribution in [3.05, 3.63) is 71.6 Å². The van der Waals surface area contributed by atoms with Gasteiger partial charge in [0, 0.05) is 18.5 Å². The Morgan fingerprint density at radius 1 is 1.00 bits per heavy atom. The van der Waals surface area contributed by atoms with E-state index in [-0.39, 0.29) is 30.7 Å². The zero-order valence-electron chi connectivity index (χ0n) is 16.3. The molecule has 2 amide bonds. The SMILES string of the molecule is C[C@H](OC(=O)CCCN1C(=O)c2ccccc2C1=O)c1nnc(-c2ccccc2)o1. The summed E-state index contributed by atoms with van der Waals surface area (Å²) < 4.78 is 10.9. The number of aromatic nitrogens is 2. The second-order valence-electron chi connectivity index (χ2n) is 6.85. The van der Waals surface area contributed by atoms with Gasteiger partial charge in [0.2, 0.25) is 5.89 Å². The molecular weight excluding hydrogens is 386 g/mol. The summed E-state index contributed by atoms with van der Waals surface area (Å²) in [5.74, 6) is -0.603. The maximum atomic E-state index is 12.3. The van der Waals surface area contributed by atoms with E-state index in [0.717, 1.165) is 10.5 Å². The van der Waals surface area contributed by atoms with Crippen LogP contribution in [-0.2, 0) is 9.53 Å². The summed E-state index contributed by atoms with van der Waals surface area (Å²) in [6.07, 6.45) is -0.352. The first-order valence-electron chi connectivity index (χ1n) is 9.58. The van der Waals surface area contributed by atoms with Crippen LogP contribution in [0.3, 0.4) is 0 Å². The van der Waals surface area contributed by atoms with Crippen molar-refractivity contribution in [3.8, 4) is 11.5 Å². The molecule has 1 aromatic heterocycles. The number of benzene rings is 2. The van der Waals surface area contributed by atoms with Gasteiger partial charge < -0.3 is 9.15 Å². The van der Waals surface area contributed by atoms with Crippen molar-refractivity contribution in [2.24, 2.45) is 0 Å². The van der Waals surface area contributed by atoms with Gasteiger partial charge in [-0.15, -0.1) is 10.2 Å². The molecule has 1 aliphatic heterocycles. The molecule has 0 bridgehead atoms. The lowest BCUT2D eigenvalue weighted by atomic mass is 10.1. The highest BCUT2D eigenvalue weighted by molar-refractivity contribution is 6.21. The predicted molar refractivity (Wildman–Crippen MR) is 105 cm³/mol. The van der Waals surface area contributed by atoms with E-state index in [1.54, 1.807) is 31.2 Å². The van der Waals surface area contributed by atoms with Crippen LogP contribution in [0.1, 0.15) is 52.5 Å². The van der Waals surface area contributed by atoms with Crippen LogP contribution >= 0.6 is 0 Å². The van der Waals surface area contributed by atoms with Crippen LogP contribution in [0.5, 0.6) is 0 Å². The highest BCUT2D eigenvalue weighted by Crippen LogP contribution is 2.24. The molecular formula is C22H19N3O5. The van der Waals surface area contributed by atoms with Crippen LogP contribution < -0.4 is 0 Å². The number of esters is 1. The van der Waals surface area contributed by atoms with Crippen molar-refractivity contribution in [2.75, 3.05) is 6.54 Å². The Hall–Kier alpha value is -3.81. The fourth-order valence-electron chi connectivity index (χ4n) is 3.23. The van der Waals surface area contributed by atoms with Crippen LogP contribution in [-0.4, -0.2) is 39.4 Å². The molecule has 2 heterocycles. The fraction of sp³-hybridized carbons (Fsp3) is 0.227. The lowest BCUT2D eigenvalue weighted by Gasteiger charge is -2.14. The molecule has 0 saturated heterocycles. The number of rotatable bonds is 7. The molecule has 3 aromatic rings. The zero-order valence-corrected chi connectivity index (χ0v) is 16.3. The minimum Gasteiger partial charge on any atom is -0.453 e. The van der Waals surface area contributed by atoms with Gasteiger partial charge >= 0.3 is 5.97 Å². The summed E-state index contributed by atoms with van der Waals surface area (Å²) in [6.45, 7) is 1.79. The summed E-state index contributed by atoms with van der Waals surface area (Å²) >= 11 is 0. The topological polar surface area (TPSA) is 103 Å². The summed E-state index contributed by atoms with van der Waals surface area (Å²) in [4.78, 5) is 38.0. The van der Waals surface area contributed by atoms with E-state index in [4.69, 9.17) is 9.15 Å². The molecule has 4 rings (SSSR count). The predicted octanol–water partition coefficient (Wildman–Crippen LogP) is 3.42. The Balaban J connectivity index is 1.28. The lowest BCUT2D eigenvalue weighted by molar-refractivity contribution is -0.149. The first kappa shape index (κ1) is 19.5. The van der Waals surface area contributed by atoms with E-state index < -0.39 is 12.1 Å². The van der Waals surface area contributed by atoms with E-state index in [9.17, 15) is 14.4 Å². The number of hydrogen-bond acceptors (Lipinski definition) is 7. The van der Waals surface area contributed by atoms with Gasteiger partial charge in [0.1, 0.15) is 0 Å². The van der Waals surface area contributed by atoms with Crippen molar-refractivity contribution >= 4 is 17.8 Å². The van der Waals surface area contributed by atoms with Crippen molar-refractivity contribution < 1.29 is 23.5 Å². The van der Waals surface area contributed by atoms with Gasteiger partial charge in [-0.05, 0) is 37.6 Å². The Morgan fingerprint density at radius 3 is 2.30 bits per heavy atom. The summed E-state index contributed by atoms with van der Waals surface area (Å²) in [5, 5.41) is 7.92. The molecule has 0 spiro atoms. The standard InChI is InChI=1S/C22H19N3O5/c1-14(19-23-24-20(30-19)15-8-3-2-4-9-15)29-18(26)12-7-13-25-21(27)16-10-5-6-11-17(16)22(25)28/h2-6,8-11,14H,7,12-13H2,1H3/t14-/m0/s1. The van der Waals surface area contributed by atoms with Gasteiger partial charge in [0.05, 0.1) is 11.1 Å². The number of ether oxygens (including phenoxy) is 1. The number of carbonyl (C=O) groups is 3. The molecule has 30 heavy (non-hydrogen) atoms. The quantitative estimate of drug-likeness (QED) is 0.438. The van der Waals surface area contributed by atoms with Crippen LogP contribution in [0.25, 0.3) is 11.5 Å². The van der Waals surface area contributed by atoms with Crippen molar-refractivity contribution in [1.82, 2.24) is 15.1 Å². The number of carbonyl (C=O) groups excluding carboxylic acids is 3. The van der Waals surface area contributed by atoms with Gasteiger partial charge in [-0.3, -0.25) is 19.3 Å². The number of amides is 2. The second kappa shape index (κ2) is 8.28. The third-order valence-corrected chi connectivity index (χ3v) is 4.76. The van der Waals surface area contributed by atoms with Gasteiger partial charge in [0.25, 0.3) is 17.7 Å². The van der Waals surface area contributed by atoms with Gasteiger partial charge in [-0.2, -0.15) is 0 Å². The van der Waals surface area contributed by atoms with Crippen LogP contribution in [0.4, 0.5) is 0 Å². The zero-order chi connectivity index (χ0) is 21.1. The van der Waals surface area contributed by atoms with Crippen LogP contribution in [0, 0.1) is 0 Å². The Labute approximate surface area is 172 Å². The van der Waals surface area contributed by atoms with E-state index in [0.29, 0.717) is 23.4 Å².